The molecule has 0 radical (unpaired) electrons. The third-order valence-corrected chi connectivity index (χ3v) is 5.29. The van der Waals surface area contributed by atoms with E-state index in [9.17, 15) is 13.2 Å². The summed E-state index contributed by atoms with van der Waals surface area (Å²) in [5.74, 6) is -0.368. The maximum atomic E-state index is 12.5. The third kappa shape index (κ3) is 4.39. The van der Waals surface area contributed by atoms with Crippen LogP contribution in [0.2, 0.25) is 5.02 Å². The Balaban J connectivity index is 1.82. The molecule has 0 fully saturated rings. The molecular formula is C19H14ClNO5S. The van der Waals surface area contributed by atoms with Crippen molar-refractivity contribution in [3.8, 4) is 11.5 Å². The molecule has 0 atom stereocenters. The molecule has 2 N–H and O–H groups in total. The van der Waals surface area contributed by atoms with Crippen molar-refractivity contribution in [1.82, 2.24) is 0 Å². The number of benzene rings is 3. The van der Waals surface area contributed by atoms with E-state index in [4.69, 9.17) is 21.4 Å². The van der Waals surface area contributed by atoms with Crippen LogP contribution in [0.3, 0.4) is 0 Å². The summed E-state index contributed by atoms with van der Waals surface area (Å²) < 4.78 is 33.0. The zero-order valence-corrected chi connectivity index (χ0v) is 15.4. The summed E-state index contributed by atoms with van der Waals surface area (Å²) in [6.45, 7) is 0. The molecule has 0 aliphatic rings. The lowest BCUT2D eigenvalue weighted by Gasteiger charge is -2.11. The van der Waals surface area contributed by atoms with E-state index in [0.717, 1.165) is 0 Å². The van der Waals surface area contributed by atoms with Gasteiger partial charge < -0.3 is 9.84 Å². The van der Waals surface area contributed by atoms with Crippen LogP contribution in [-0.2, 0) is 10.0 Å². The summed E-state index contributed by atoms with van der Waals surface area (Å²) in [6.07, 6.45) is 0. The van der Waals surface area contributed by atoms with E-state index in [-0.39, 0.29) is 16.1 Å². The van der Waals surface area contributed by atoms with Crippen molar-refractivity contribution in [3.63, 3.8) is 0 Å². The second kappa shape index (κ2) is 7.69. The van der Waals surface area contributed by atoms with Crippen molar-refractivity contribution in [1.29, 1.82) is 0 Å². The van der Waals surface area contributed by atoms with E-state index in [0.29, 0.717) is 16.5 Å². The Morgan fingerprint density at radius 3 is 2.22 bits per heavy atom. The Morgan fingerprint density at radius 2 is 1.56 bits per heavy atom. The molecule has 0 aliphatic heterocycles. The van der Waals surface area contributed by atoms with Crippen LogP contribution in [-0.4, -0.2) is 19.5 Å². The van der Waals surface area contributed by atoms with Gasteiger partial charge in [0.25, 0.3) is 10.0 Å². The van der Waals surface area contributed by atoms with Crippen LogP contribution < -0.4 is 9.46 Å². The maximum Gasteiger partial charge on any atom is 0.337 e. The molecule has 0 bridgehead atoms. The van der Waals surface area contributed by atoms with Gasteiger partial charge in [0.05, 0.1) is 21.2 Å². The van der Waals surface area contributed by atoms with Gasteiger partial charge in [-0.1, -0.05) is 35.9 Å². The Hall–Kier alpha value is -3.03. The smallest absolute Gasteiger partial charge is 0.337 e. The highest BCUT2D eigenvalue weighted by atomic mass is 35.5. The molecular weight excluding hydrogens is 390 g/mol. The third-order valence-electron chi connectivity index (χ3n) is 3.60. The standard InChI is InChI=1S/C19H14ClNO5S/c20-16-6-2-4-8-18(16)26-13-9-11-14(12-10-13)27(24,25)21-17-7-3-1-5-15(17)19(22)23/h1-12,21H,(H,22,23). The second-order valence-electron chi connectivity index (χ2n) is 5.46. The van der Waals surface area contributed by atoms with Crippen LogP contribution in [0.5, 0.6) is 11.5 Å². The Bertz CT molecular complexity index is 1080. The number of nitrogens with one attached hydrogen (secondary N) is 1. The molecule has 6 nitrogen and oxygen atoms in total. The highest BCUT2D eigenvalue weighted by molar-refractivity contribution is 7.92. The van der Waals surface area contributed by atoms with Gasteiger partial charge in [0.15, 0.2) is 0 Å². The molecule has 0 aliphatic carbocycles. The SMILES string of the molecule is O=C(O)c1ccccc1NS(=O)(=O)c1ccc(Oc2ccccc2Cl)cc1. The van der Waals surface area contributed by atoms with E-state index < -0.39 is 16.0 Å². The molecule has 138 valence electrons. The molecule has 0 amide bonds. The number of halogens is 1. The van der Waals surface area contributed by atoms with Gasteiger partial charge in [0, 0.05) is 0 Å². The molecule has 3 aromatic carbocycles. The molecule has 0 spiro atoms. The average molecular weight is 404 g/mol. The molecule has 0 aromatic heterocycles. The molecule has 0 saturated carbocycles. The molecule has 8 heteroatoms. The minimum Gasteiger partial charge on any atom is -0.478 e. The summed E-state index contributed by atoms with van der Waals surface area (Å²) in [5.41, 5.74) is -0.152. The first kappa shape index (κ1) is 18.8. The van der Waals surface area contributed by atoms with Crippen molar-refractivity contribution in [2.75, 3.05) is 4.72 Å². The van der Waals surface area contributed by atoms with Gasteiger partial charge in [0.1, 0.15) is 11.5 Å². The fourth-order valence-electron chi connectivity index (χ4n) is 2.30. The number of hydrogen-bond donors (Lipinski definition) is 2. The van der Waals surface area contributed by atoms with Crippen molar-refractivity contribution < 1.29 is 23.1 Å². The summed E-state index contributed by atoms with van der Waals surface area (Å²) in [6, 6.07) is 18.4. The summed E-state index contributed by atoms with van der Waals surface area (Å²) in [7, 11) is -3.96. The van der Waals surface area contributed by atoms with Crippen molar-refractivity contribution in [2.45, 2.75) is 4.90 Å². The van der Waals surface area contributed by atoms with Gasteiger partial charge in [-0.05, 0) is 48.5 Å². The van der Waals surface area contributed by atoms with E-state index in [1.54, 1.807) is 30.3 Å². The van der Waals surface area contributed by atoms with Gasteiger partial charge in [-0.15, -0.1) is 0 Å². The molecule has 3 aromatic rings. The number of aromatic carboxylic acids is 1. The van der Waals surface area contributed by atoms with Crippen LogP contribution in [0.25, 0.3) is 0 Å². The van der Waals surface area contributed by atoms with E-state index in [2.05, 4.69) is 4.72 Å². The van der Waals surface area contributed by atoms with Crippen molar-refractivity contribution in [3.05, 3.63) is 83.4 Å². The maximum absolute atomic E-state index is 12.5. The van der Waals surface area contributed by atoms with E-state index in [1.807, 2.05) is 0 Å². The van der Waals surface area contributed by atoms with Crippen molar-refractivity contribution in [2.24, 2.45) is 0 Å². The normalized spacial score (nSPS) is 11.0. The molecule has 0 unspecified atom stereocenters. The quantitative estimate of drug-likeness (QED) is 0.625. The Labute approximate surface area is 161 Å². The first-order valence-electron chi connectivity index (χ1n) is 7.74. The summed E-state index contributed by atoms with van der Waals surface area (Å²) in [5, 5.41) is 9.60. The van der Waals surface area contributed by atoms with Crippen molar-refractivity contribution >= 4 is 33.3 Å². The number of carbonyl (C=O) groups is 1. The van der Waals surface area contributed by atoms with Crippen LogP contribution in [0.1, 0.15) is 10.4 Å². The average Bonchev–Trinajstić information content (AvgIpc) is 2.64. The number of carboxylic acid groups (broad SMARTS) is 1. The number of anilines is 1. The lowest BCUT2D eigenvalue weighted by Crippen LogP contribution is -2.15. The van der Waals surface area contributed by atoms with Crippen LogP contribution in [0.15, 0.2) is 77.7 Å². The van der Waals surface area contributed by atoms with Gasteiger partial charge in [-0.2, -0.15) is 0 Å². The zero-order valence-electron chi connectivity index (χ0n) is 13.8. The second-order valence-corrected chi connectivity index (χ2v) is 7.55. The molecule has 27 heavy (non-hydrogen) atoms. The van der Waals surface area contributed by atoms with Gasteiger partial charge in [-0.25, -0.2) is 13.2 Å². The molecule has 0 heterocycles. The highest BCUT2D eigenvalue weighted by Crippen LogP contribution is 2.29. The Kier molecular flexibility index (Phi) is 5.34. The summed E-state index contributed by atoms with van der Waals surface area (Å²) in [4.78, 5) is 11.2. The topological polar surface area (TPSA) is 92.7 Å². The lowest BCUT2D eigenvalue weighted by atomic mass is 10.2. The Morgan fingerprint density at radius 1 is 0.926 bits per heavy atom. The number of ether oxygens (including phenoxy) is 1. The molecule has 0 saturated heterocycles. The van der Waals surface area contributed by atoms with E-state index >= 15 is 0 Å². The minimum absolute atomic E-state index is 0.0126. The number of para-hydroxylation sites is 2. The molecule has 3 rings (SSSR count). The highest BCUT2D eigenvalue weighted by Gasteiger charge is 2.18. The summed E-state index contributed by atoms with van der Waals surface area (Å²) >= 11 is 6.03. The lowest BCUT2D eigenvalue weighted by molar-refractivity contribution is 0.0698. The minimum atomic E-state index is -3.96. The van der Waals surface area contributed by atoms with Crippen LogP contribution >= 0.6 is 11.6 Å². The fourth-order valence-corrected chi connectivity index (χ4v) is 3.56. The number of hydrogen-bond acceptors (Lipinski definition) is 4. The van der Waals surface area contributed by atoms with Gasteiger partial charge in [-0.3, -0.25) is 4.72 Å². The number of rotatable bonds is 6. The fraction of sp³-hybridized carbons (Fsp3) is 0. The first-order valence-corrected chi connectivity index (χ1v) is 9.60. The number of carboxylic acids is 1. The largest absolute Gasteiger partial charge is 0.478 e. The predicted molar refractivity (Wildman–Crippen MR) is 102 cm³/mol. The number of sulfonamides is 1. The first-order chi connectivity index (χ1) is 12.9. The van der Waals surface area contributed by atoms with Gasteiger partial charge in [0.2, 0.25) is 0 Å². The van der Waals surface area contributed by atoms with Gasteiger partial charge >= 0.3 is 5.97 Å². The van der Waals surface area contributed by atoms with Crippen LogP contribution in [0, 0.1) is 0 Å². The zero-order chi connectivity index (χ0) is 19.4. The predicted octanol–water partition coefficient (Wildman–Crippen LogP) is 4.63. The van der Waals surface area contributed by atoms with E-state index in [1.165, 1.54) is 42.5 Å². The monoisotopic (exact) mass is 403 g/mol. The van der Waals surface area contributed by atoms with Crippen LogP contribution in [0.4, 0.5) is 5.69 Å².